The number of pyridine rings is 1. The Balaban J connectivity index is 2.23. The van der Waals surface area contributed by atoms with Crippen LogP contribution in [0.3, 0.4) is 0 Å². The highest BCUT2D eigenvalue weighted by Crippen LogP contribution is 2.26. The van der Waals surface area contributed by atoms with Crippen molar-refractivity contribution in [1.82, 2.24) is 10.3 Å². The number of hydrogen-bond acceptors (Lipinski definition) is 3. The molecule has 0 aliphatic carbocycles. The maximum absolute atomic E-state index is 12.4. The lowest BCUT2D eigenvalue weighted by atomic mass is 9.82. The minimum Gasteiger partial charge on any atom is -0.481 e. The van der Waals surface area contributed by atoms with Crippen LogP contribution in [0.5, 0.6) is 0 Å². The van der Waals surface area contributed by atoms with Gasteiger partial charge >= 0.3 is 5.97 Å². The van der Waals surface area contributed by atoms with Crippen molar-refractivity contribution in [2.24, 2.45) is 5.41 Å². The molecule has 0 unspecified atom stereocenters. The molecule has 0 fully saturated rings. The summed E-state index contributed by atoms with van der Waals surface area (Å²) in [6.07, 6.45) is 2.51. The van der Waals surface area contributed by atoms with Crippen molar-refractivity contribution in [2.45, 2.75) is 26.7 Å². The van der Waals surface area contributed by atoms with Crippen LogP contribution < -0.4 is 5.32 Å². The monoisotopic (exact) mass is 300 g/mol. The summed E-state index contributed by atoms with van der Waals surface area (Å²) in [5, 5.41) is 13.8. The molecule has 0 spiro atoms. The van der Waals surface area contributed by atoms with Crippen molar-refractivity contribution in [2.75, 3.05) is 6.54 Å². The number of aliphatic carboxylic acids is 1. The van der Waals surface area contributed by atoms with Gasteiger partial charge in [-0.25, -0.2) is 0 Å². The number of nitrogens with zero attached hydrogens (tertiary/aromatic N) is 1. The fourth-order valence-electron chi connectivity index (χ4n) is 2.51. The third kappa shape index (κ3) is 2.93. The van der Waals surface area contributed by atoms with E-state index < -0.39 is 11.4 Å². The molecule has 2 aromatic rings. The third-order valence-corrected chi connectivity index (χ3v) is 4.28. The first-order valence-corrected chi connectivity index (χ1v) is 7.39. The fraction of sp³-hybridized carbons (Fsp3) is 0.353. The second-order valence-corrected chi connectivity index (χ2v) is 5.36. The molecule has 2 N–H and O–H groups in total. The van der Waals surface area contributed by atoms with E-state index in [1.807, 2.05) is 44.2 Å². The first-order chi connectivity index (χ1) is 10.5. The van der Waals surface area contributed by atoms with Gasteiger partial charge in [0.15, 0.2) is 0 Å². The Morgan fingerprint density at radius 1 is 1.18 bits per heavy atom. The predicted molar refractivity (Wildman–Crippen MR) is 84.7 cm³/mol. The Bertz CT molecular complexity index is 688. The van der Waals surface area contributed by atoms with Crippen LogP contribution in [0, 0.1) is 5.41 Å². The number of amides is 1. The van der Waals surface area contributed by atoms with E-state index >= 15 is 0 Å². The molecule has 1 aromatic carbocycles. The number of aromatic nitrogens is 1. The van der Waals surface area contributed by atoms with E-state index in [-0.39, 0.29) is 12.5 Å². The molecule has 2 rings (SSSR count). The van der Waals surface area contributed by atoms with Gasteiger partial charge < -0.3 is 10.4 Å². The molecule has 5 heteroatoms. The number of carbonyl (C=O) groups excluding carboxylic acids is 1. The van der Waals surface area contributed by atoms with Gasteiger partial charge in [-0.2, -0.15) is 0 Å². The van der Waals surface area contributed by atoms with Gasteiger partial charge in [0.05, 0.1) is 5.41 Å². The quantitative estimate of drug-likeness (QED) is 0.859. The van der Waals surface area contributed by atoms with Crippen LogP contribution >= 0.6 is 0 Å². The van der Waals surface area contributed by atoms with Gasteiger partial charge in [-0.3, -0.25) is 14.6 Å². The lowest BCUT2D eigenvalue weighted by Crippen LogP contribution is -2.42. The van der Waals surface area contributed by atoms with Crippen LogP contribution in [0.25, 0.3) is 10.8 Å². The molecule has 22 heavy (non-hydrogen) atoms. The smallest absolute Gasteiger partial charge is 0.311 e. The molecular formula is C17H20N2O3. The zero-order valence-corrected chi connectivity index (χ0v) is 12.8. The average Bonchev–Trinajstić information content (AvgIpc) is 2.55. The van der Waals surface area contributed by atoms with Gasteiger partial charge in [0.25, 0.3) is 5.91 Å². The Morgan fingerprint density at radius 3 is 2.50 bits per heavy atom. The molecule has 116 valence electrons. The van der Waals surface area contributed by atoms with E-state index in [9.17, 15) is 14.7 Å². The number of benzene rings is 1. The topological polar surface area (TPSA) is 79.3 Å². The van der Waals surface area contributed by atoms with Crippen molar-refractivity contribution < 1.29 is 14.7 Å². The SMILES string of the molecule is CCC(CC)(CNC(=O)c1nccc2ccccc12)C(=O)O. The molecule has 0 saturated carbocycles. The zero-order valence-electron chi connectivity index (χ0n) is 12.8. The second-order valence-electron chi connectivity index (χ2n) is 5.36. The van der Waals surface area contributed by atoms with Gasteiger partial charge in [0.2, 0.25) is 0 Å². The van der Waals surface area contributed by atoms with Crippen LogP contribution in [-0.2, 0) is 4.79 Å². The van der Waals surface area contributed by atoms with E-state index in [0.717, 1.165) is 10.8 Å². The van der Waals surface area contributed by atoms with Crippen molar-refractivity contribution in [1.29, 1.82) is 0 Å². The molecule has 1 heterocycles. The highest BCUT2D eigenvalue weighted by atomic mass is 16.4. The number of nitrogens with one attached hydrogen (secondary N) is 1. The molecule has 0 saturated heterocycles. The van der Waals surface area contributed by atoms with Crippen LogP contribution in [0.15, 0.2) is 36.5 Å². The lowest BCUT2D eigenvalue weighted by Gasteiger charge is -2.26. The Morgan fingerprint density at radius 2 is 1.86 bits per heavy atom. The molecular weight excluding hydrogens is 280 g/mol. The summed E-state index contributed by atoms with van der Waals surface area (Å²) in [6.45, 7) is 3.74. The molecule has 5 nitrogen and oxygen atoms in total. The predicted octanol–water partition coefficient (Wildman–Crippen LogP) is 2.86. The van der Waals surface area contributed by atoms with E-state index in [4.69, 9.17) is 0 Å². The number of hydrogen-bond donors (Lipinski definition) is 2. The van der Waals surface area contributed by atoms with Gasteiger partial charge in [-0.05, 0) is 24.3 Å². The summed E-state index contributed by atoms with van der Waals surface area (Å²) in [4.78, 5) is 28.0. The number of carboxylic acid groups (broad SMARTS) is 1. The maximum atomic E-state index is 12.4. The van der Waals surface area contributed by atoms with E-state index in [2.05, 4.69) is 10.3 Å². The van der Waals surface area contributed by atoms with Crippen molar-refractivity contribution in [3.05, 3.63) is 42.2 Å². The van der Waals surface area contributed by atoms with Crippen LogP contribution in [0.2, 0.25) is 0 Å². The summed E-state index contributed by atoms with van der Waals surface area (Å²) in [5.74, 6) is -1.23. The Labute approximate surface area is 129 Å². The van der Waals surface area contributed by atoms with Crippen LogP contribution in [0.4, 0.5) is 0 Å². The zero-order chi connectivity index (χ0) is 16.2. The van der Waals surface area contributed by atoms with Crippen LogP contribution in [0.1, 0.15) is 37.2 Å². The number of fused-ring (bicyclic) bond motifs is 1. The van der Waals surface area contributed by atoms with Crippen molar-refractivity contribution in [3.8, 4) is 0 Å². The standard InChI is InChI=1S/C17H20N2O3/c1-3-17(4-2,16(21)22)11-19-15(20)14-13-8-6-5-7-12(13)9-10-18-14/h5-10H,3-4,11H2,1-2H3,(H,19,20)(H,21,22). The Kier molecular flexibility index (Phi) is 4.75. The second kappa shape index (κ2) is 6.56. The summed E-state index contributed by atoms with van der Waals surface area (Å²) >= 11 is 0. The third-order valence-electron chi connectivity index (χ3n) is 4.28. The summed E-state index contributed by atoms with van der Waals surface area (Å²) in [7, 11) is 0. The molecule has 1 aromatic heterocycles. The molecule has 0 bridgehead atoms. The summed E-state index contributed by atoms with van der Waals surface area (Å²) < 4.78 is 0. The highest BCUT2D eigenvalue weighted by Gasteiger charge is 2.35. The summed E-state index contributed by atoms with van der Waals surface area (Å²) in [5.41, 5.74) is -0.607. The average molecular weight is 300 g/mol. The Hall–Kier alpha value is -2.43. The highest BCUT2D eigenvalue weighted by molar-refractivity contribution is 6.05. The van der Waals surface area contributed by atoms with E-state index in [0.29, 0.717) is 18.5 Å². The van der Waals surface area contributed by atoms with Crippen molar-refractivity contribution >= 4 is 22.6 Å². The minimum absolute atomic E-state index is 0.0963. The number of carboxylic acids is 1. The first-order valence-electron chi connectivity index (χ1n) is 7.39. The van der Waals surface area contributed by atoms with Gasteiger partial charge in [0.1, 0.15) is 5.69 Å². The van der Waals surface area contributed by atoms with Gasteiger partial charge in [-0.1, -0.05) is 38.1 Å². The summed E-state index contributed by atoms with van der Waals surface area (Å²) in [6, 6.07) is 9.33. The maximum Gasteiger partial charge on any atom is 0.311 e. The van der Waals surface area contributed by atoms with Crippen LogP contribution in [-0.4, -0.2) is 28.5 Å². The minimum atomic E-state index is -0.930. The van der Waals surface area contributed by atoms with E-state index in [1.165, 1.54) is 0 Å². The lowest BCUT2D eigenvalue weighted by molar-refractivity contribution is -0.149. The first kappa shape index (κ1) is 15.9. The molecule has 0 aliphatic rings. The largest absolute Gasteiger partial charge is 0.481 e. The number of rotatable bonds is 6. The fourth-order valence-corrected chi connectivity index (χ4v) is 2.51. The van der Waals surface area contributed by atoms with E-state index in [1.54, 1.807) is 6.20 Å². The molecule has 0 aliphatic heterocycles. The molecule has 1 amide bonds. The molecule has 0 atom stereocenters. The van der Waals surface area contributed by atoms with Gasteiger partial charge in [-0.15, -0.1) is 0 Å². The van der Waals surface area contributed by atoms with Crippen molar-refractivity contribution in [3.63, 3.8) is 0 Å². The molecule has 0 radical (unpaired) electrons. The number of carbonyl (C=O) groups is 2. The van der Waals surface area contributed by atoms with Gasteiger partial charge in [0, 0.05) is 18.1 Å². The normalized spacial score (nSPS) is 11.4.